The van der Waals surface area contributed by atoms with Gasteiger partial charge in [0.1, 0.15) is 0 Å². The number of nitrogens with one attached hydrogen (secondary N) is 1. The van der Waals surface area contributed by atoms with E-state index in [9.17, 15) is 18.0 Å². The molecule has 1 atom stereocenters. The van der Waals surface area contributed by atoms with E-state index in [1.54, 1.807) is 29.4 Å². The molecule has 152 valence electrons. The molecule has 0 spiro atoms. The van der Waals surface area contributed by atoms with Crippen LogP contribution in [0.3, 0.4) is 0 Å². The molecule has 1 amide bonds. The van der Waals surface area contributed by atoms with Gasteiger partial charge in [-0.05, 0) is 49.4 Å². The third kappa shape index (κ3) is 5.38. The van der Waals surface area contributed by atoms with Crippen molar-refractivity contribution in [2.75, 3.05) is 33.2 Å². The fourth-order valence-electron chi connectivity index (χ4n) is 3.84. The van der Waals surface area contributed by atoms with Crippen molar-refractivity contribution in [3.05, 3.63) is 59.4 Å². The largest absolute Gasteiger partial charge is 0.416 e. The molecule has 0 radical (unpaired) electrons. The molecule has 3 rings (SSSR count). The third-order valence-electron chi connectivity index (χ3n) is 5.30. The number of alkyl halides is 3. The predicted molar refractivity (Wildman–Crippen MR) is 102 cm³/mol. The summed E-state index contributed by atoms with van der Waals surface area (Å²) in [6.45, 7) is 3.23. The summed E-state index contributed by atoms with van der Waals surface area (Å²) in [6, 6.07) is 7.34. The Labute approximate surface area is 163 Å². The number of H-pyrrole nitrogens is 1. The molecule has 1 aromatic heterocycles. The number of nitrogens with zero attached hydrogens (tertiary/aromatic N) is 2. The summed E-state index contributed by atoms with van der Waals surface area (Å²) < 4.78 is 38.6. The molecule has 4 nitrogen and oxygen atoms in total. The van der Waals surface area contributed by atoms with Crippen LogP contribution >= 0.6 is 0 Å². The van der Waals surface area contributed by atoms with Gasteiger partial charge in [-0.3, -0.25) is 4.79 Å². The first-order valence-corrected chi connectivity index (χ1v) is 9.59. The minimum atomic E-state index is -4.30. The summed E-state index contributed by atoms with van der Waals surface area (Å²) in [5.41, 5.74) is 0.767. The van der Waals surface area contributed by atoms with Crippen LogP contribution in [-0.4, -0.2) is 53.9 Å². The zero-order chi connectivity index (χ0) is 20.1. The number of aromatic amines is 1. The molecule has 1 aromatic carbocycles. The van der Waals surface area contributed by atoms with Gasteiger partial charge in [-0.15, -0.1) is 0 Å². The third-order valence-corrected chi connectivity index (χ3v) is 5.30. The molecule has 7 heteroatoms. The van der Waals surface area contributed by atoms with Crippen LogP contribution < -0.4 is 0 Å². The Kier molecular flexibility index (Phi) is 6.44. The van der Waals surface area contributed by atoms with Gasteiger partial charge in [0.15, 0.2) is 0 Å². The van der Waals surface area contributed by atoms with Crippen LogP contribution in [0.1, 0.15) is 34.3 Å². The standard InChI is InChI=1S/C21H26F3N3O/c1-26(20(28)18-7-9-25-13-18)14-17-5-3-10-27(15-17)11-8-16-4-2-6-19(12-16)21(22,23)24/h2,4,6-7,9,12-13,17,25H,3,5,8,10-11,14-15H2,1H3/t17-/m1/s1. The van der Waals surface area contributed by atoms with Crippen molar-refractivity contribution in [3.63, 3.8) is 0 Å². The van der Waals surface area contributed by atoms with Gasteiger partial charge in [0.05, 0.1) is 11.1 Å². The van der Waals surface area contributed by atoms with E-state index in [0.29, 0.717) is 30.0 Å². The number of rotatable bonds is 6. The normalized spacial score (nSPS) is 18.2. The van der Waals surface area contributed by atoms with Crippen LogP contribution in [0.5, 0.6) is 0 Å². The van der Waals surface area contributed by atoms with Crippen LogP contribution in [0.4, 0.5) is 13.2 Å². The molecule has 0 bridgehead atoms. The van der Waals surface area contributed by atoms with Crippen molar-refractivity contribution in [2.24, 2.45) is 5.92 Å². The maximum atomic E-state index is 12.9. The predicted octanol–water partition coefficient (Wildman–Crippen LogP) is 4.06. The van der Waals surface area contributed by atoms with Gasteiger partial charge in [0.2, 0.25) is 0 Å². The molecular formula is C21H26F3N3O. The summed E-state index contributed by atoms with van der Waals surface area (Å²) in [4.78, 5) is 19.3. The first kappa shape index (κ1) is 20.5. The lowest BCUT2D eigenvalue weighted by atomic mass is 9.96. The molecule has 1 N–H and O–H groups in total. The van der Waals surface area contributed by atoms with E-state index in [1.807, 2.05) is 7.05 Å². The first-order valence-electron chi connectivity index (χ1n) is 9.59. The van der Waals surface area contributed by atoms with Gasteiger partial charge in [-0.2, -0.15) is 13.2 Å². The summed E-state index contributed by atoms with van der Waals surface area (Å²) >= 11 is 0. The van der Waals surface area contributed by atoms with Gasteiger partial charge in [-0.1, -0.05) is 18.2 Å². The Morgan fingerprint density at radius 1 is 1.32 bits per heavy atom. The van der Waals surface area contributed by atoms with E-state index in [0.717, 1.165) is 38.5 Å². The molecule has 28 heavy (non-hydrogen) atoms. The maximum absolute atomic E-state index is 12.9. The van der Waals surface area contributed by atoms with Crippen molar-refractivity contribution >= 4 is 5.91 Å². The van der Waals surface area contributed by atoms with Crippen LogP contribution in [0.2, 0.25) is 0 Å². The van der Waals surface area contributed by atoms with Crippen LogP contribution in [0, 0.1) is 5.92 Å². The van der Waals surface area contributed by atoms with Crippen molar-refractivity contribution in [3.8, 4) is 0 Å². The average Bonchev–Trinajstić information content (AvgIpc) is 3.20. The van der Waals surface area contributed by atoms with Gasteiger partial charge in [0.25, 0.3) is 5.91 Å². The van der Waals surface area contributed by atoms with Gasteiger partial charge < -0.3 is 14.8 Å². The van der Waals surface area contributed by atoms with Crippen molar-refractivity contribution < 1.29 is 18.0 Å². The van der Waals surface area contributed by atoms with Gasteiger partial charge >= 0.3 is 6.18 Å². The van der Waals surface area contributed by atoms with Crippen molar-refractivity contribution in [1.82, 2.24) is 14.8 Å². The second-order valence-corrected chi connectivity index (χ2v) is 7.54. The highest BCUT2D eigenvalue weighted by Gasteiger charge is 2.30. The quantitative estimate of drug-likeness (QED) is 0.804. The molecule has 1 aliphatic rings. The molecule has 2 aromatic rings. The zero-order valence-corrected chi connectivity index (χ0v) is 16.0. The summed E-state index contributed by atoms with van der Waals surface area (Å²) in [5.74, 6) is 0.380. The molecule has 1 aliphatic heterocycles. The maximum Gasteiger partial charge on any atom is 0.416 e. The highest BCUT2D eigenvalue weighted by molar-refractivity contribution is 5.93. The van der Waals surface area contributed by atoms with Crippen molar-refractivity contribution in [2.45, 2.75) is 25.4 Å². The number of benzene rings is 1. The Morgan fingerprint density at radius 2 is 2.14 bits per heavy atom. The molecule has 0 saturated carbocycles. The SMILES string of the molecule is CN(C[C@H]1CCCN(CCc2cccc(C(F)(F)F)c2)C1)C(=O)c1cc[nH]c1. The Balaban J connectivity index is 1.50. The summed E-state index contributed by atoms with van der Waals surface area (Å²) in [6.07, 6.45) is 1.82. The monoisotopic (exact) mass is 393 g/mol. The number of amides is 1. The topological polar surface area (TPSA) is 39.3 Å². The van der Waals surface area contributed by atoms with E-state index < -0.39 is 11.7 Å². The molecule has 1 fully saturated rings. The van der Waals surface area contributed by atoms with Gasteiger partial charge in [0, 0.05) is 39.1 Å². The van der Waals surface area contributed by atoms with Crippen LogP contribution in [0.25, 0.3) is 0 Å². The molecule has 2 heterocycles. The highest BCUT2D eigenvalue weighted by Crippen LogP contribution is 2.29. The van der Waals surface area contributed by atoms with E-state index in [4.69, 9.17) is 0 Å². The lowest BCUT2D eigenvalue weighted by molar-refractivity contribution is -0.137. The Hall–Kier alpha value is -2.28. The number of hydrogen-bond donors (Lipinski definition) is 1. The number of carbonyl (C=O) groups excluding carboxylic acids is 1. The smallest absolute Gasteiger partial charge is 0.367 e. The fraction of sp³-hybridized carbons (Fsp3) is 0.476. The average molecular weight is 393 g/mol. The Bertz CT molecular complexity index is 773. The fourth-order valence-corrected chi connectivity index (χ4v) is 3.84. The van der Waals surface area contributed by atoms with E-state index in [2.05, 4.69) is 9.88 Å². The number of carbonyl (C=O) groups is 1. The number of piperidine rings is 1. The van der Waals surface area contributed by atoms with Crippen molar-refractivity contribution in [1.29, 1.82) is 0 Å². The Morgan fingerprint density at radius 3 is 2.86 bits per heavy atom. The molecular weight excluding hydrogens is 367 g/mol. The minimum absolute atomic E-state index is 0.00217. The first-order chi connectivity index (χ1) is 13.3. The van der Waals surface area contributed by atoms with E-state index in [1.165, 1.54) is 12.1 Å². The molecule has 0 aliphatic carbocycles. The second-order valence-electron chi connectivity index (χ2n) is 7.54. The molecule has 0 unspecified atom stereocenters. The minimum Gasteiger partial charge on any atom is -0.367 e. The summed E-state index contributed by atoms with van der Waals surface area (Å²) in [5, 5.41) is 0. The van der Waals surface area contributed by atoms with Crippen LogP contribution in [-0.2, 0) is 12.6 Å². The highest BCUT2D eigenvalue weighted by atomic mass is 19.4. The van der Waals surface area contributed by atoms with Crippen LogP contribution in [0.15, 0.2) is 42.7 Å². The zero-order valence-electron chi connectivity index (χ0n) is 16.0. The number of aromatic nitrogens is 1. The number of hydrogen-bond acceptors (Lipinski definition) is 2. The lowest BCUT2D eigenvalue weighted by Crippen LogP contribution is -2.42. The number of likely N-dealkylation sites (tertiary alicyclic amines) is 1. The molecule has 1 saturated heterocycles. The van der Waals surface area contributed by atoms with E-state index >= 15 is 0 Å². The summed E-state index contributed by atoms with van der Waals surface area (Å²) in [7, 11) is 1.82. The number of halogens is 3. The second kappa shape index (κ2) is 8.82. The van der Waals surface area contributed by atoms with Gasteiger partial charge in [-0.25, -0.2) is 0 Å². The van der Waals surface area contributed by atoms with E-state index in [-0.39, 0.29) is 5.91 Å². The lowest BCUT2D eigenvalue weighted by Gasteiger charge is -2.34.